The van der Waals surface area contributed by atoms with Gasteiger partial charge in [0.1, 0.15) is 0 Å². The Labute approximate surface area is 192 Å². The van der Waals surface area contributed by atoms with Crippen LogP contribution < -0.4 is 0 Å². The van der Waals surface area contributed by atoms with Gasteiger partial charge < -0.3 is 0 Å². The van der Waals surface area contributed by atoms with Crippen LogP contribution in [0, 0.1) is 0 Å². The monoisotopic (exact) mass is 422 g/mol. The number of hydrogen-bond acceptors (Lipinski definition) is 1. The fraction of sp³-hybridized carbons (Fsp3) is 0.633. The molecule has 172 valence electrons. The zero-order valence-corrected chi connectivity index (χ0v) is 20.4. The molecular formula is C30H46O. The van der Waals surface area contributed by atoms with Gasteiger partial charge in [0.2, 0.25) is 0 Å². The van der Waals surface area contributed by atoms with Gasteiger partial charge in [-0.3, -0.25) is 4.79 Å². The second kappa shape index (κ2) is 16.1. The number of aryl methyl sites for hydroxylation is 1. The summed E-state index contributed by atoms with van der Waals surface area (Å²) >= 11 is 0. The summed E-state index contributed by atoms with van der Waals surface area (Å²) in [6, 6.07) is 12.6. The zero-order chi connectivity index (χ0) is 22.2. The van der Waals surface area contributed by atoms with E-state index in [-0.39, 0.29) is 5.78 Å². The average Bonchev–Trinajstić information content (AvgIpc) is 2.78. The molecule has 0 radical (unpaired) electrons. The summed E-state index contributed by atoms with van der Waals surface area (Å²) in [5, 5.41) is 2.51. The molecule has 0 amide bonds. The topological polar surface area (TPSA) is 17.1 Å². The quantitative estimate of drug-likeness (QED) is 0.172. The summed E-state index contributed by atoms with van der Waals surface area (Å²) in [7, 11) is 0. The number of fused-ring (bicyclic) bond motifs is 1. The van der Waals surface area contributed by atoms with Crippen LogP contribution in [0.1, 0.15) is 133 Å². The number of unbranched alkanes of at least 4 members (excludes halogenated alkanes) is 15. The SMILES string of the molecule is CCCCCCCCCCCCCCCCCCc1c(C(C)=O)ccc2ccccc12. The van der Waals surface area contributed by atoms with Gasteiger partial charge in [-0.1, -0.05) is 140 Å². The van der Waals surface area contributed by atoms with Crippen LogP contribution in [0.25, 0.3) is 10.8 Å². The maximum Gasteiger partial charge on any atom is 0.160 e. The summed E-state index contributed by atoms with van der Waals surface area (Å²) in [6.45, 7) is 3.98. The van der Waals surface area contributed by atoms with E-state index in [1.807, 2.05) is 6.07 Å². The van der Waals surface area contributed by atoms with Crippen LogP contribution in [0.4, 0.5) is 0 Å². The van der Waals surface area contributed by atoms with Gasteiger partial charge >= 0.3 is 0 Å². The van der Waals surface area contributed by atoms with E-state index in [1.165, 1.54) is 119 Å². The number of rotatable bonds is 18. The van der Waals surface area contributed by atoms with E-state index in [2.05, 4.69) is 37.3 Å². The molecule has 0 aliphatic heterocycles. The van der Waals surface area contributed by atoms with Crippen molar-refractivity contribution in [3.8, 4) is 0 Å². The van der Waals surface area contributed by atoms with Crippen molar-refractivity contribution in [1.29, 1.82) is 0 Å². The number of ketones is 1. The van der Waals surface area contributed by atoms with Crippen LogP contribution in [0.15, 0.2) is 36.4 Å². The Morgan fingerprint density at radius 2 is 1.10 bits per heavy atom. The van der Waals surface area contributed by atoms with Crippen LogP contribution in [-0.2, 0) is 6.42 Å². The molecule has 0 N–H and O–H groups in total. The highest BCUT2D eigenvalue weighted by Gasteiger charge is 2.10. The van der Waals surface area contributed by atoms with Crippen molar-refractivity contribution in [2.45, 2.75) is 123 Å². The fourth-order valence-electron chi connectivity index (χ4n) is 4.79. The van der Waals surface area contributed by atoms with Crippen molar-refractivity contribution in [3.05, 3.63) is 47.5 Å². The first-order chi connectivity index (χ1) is 15.2. The second-order valence-electron chi connectivity index (χ2n) is 9.42. The molecule has 0 aromatic heterocycles. The number of carbonyl (C=O) groups is 1. The minimum atomic E-state index is 0.192. The Hall–Kier alpha value is -1.63. The highest BCUT2D eigenvalue weighted by molar-refractivity contribution is 6.01. The molecule has 0 fully saturated rings. The third-order valence-corrected chi connectivity index (χ3v) is 6.70. The lowest BCUT2D eigenvalue weighted by molar-refractivity contribution is 0.101. The molecule has 0 atom stereocenters. The van der Waals surface area contributed by atoms with E-state index < -0.39 is 0 Å². The lowest BCUT2D eigenvalue weighted by atomic mass is 9.93. The van der Waals surface area contributed by atoms with Crippen molar-refractivity contribution in [1.82, 2.24) is 0 Å². The van der Waals surface area contributed by atoms with E-state index in [0.29, 0.717) is 0 Å². The van der Waals surface area contributed by atoms with Crippen LogP contribution >= 0.6 is 0 Å². The predicted octanol–water partition coefficient (Wildman–Crippen LogP) is 9.85. The Bertz CT molecular complexity index is 745. The highest BCUT2D eigenvalue weighted by atomic mass is 16.1. The van der Waals surface area contributed by atoms with Crippen molar-refractivity contribution < 1.29 is 4.79 Å². The predicted molar refractivity (Wildman–Crippen MR) is 137 cm³/mol. The summed E-state index contributed by atoms with van der Waals surface area (Å²) in [4.78, 5) is 12.1. The smallest absolute Gasteiger partial charge is 0.160 e. The maximum atomic E-state index is 12.1. The van der Waals surface area contributed by atoms with Crippen molar-refractivity contribution in [2.75, 3.05) is 0 Å². The molecule has 0 unspecified atom stereocenters. The molecule has 0 spiro atoms. The second-order valence-corrected chi connectivity index (χ2v) is 9.42. The summed E-state index contributed by atoms with van der Waals surface area (Å²) in [6.07, 6.45) is 23.3. The average molecular weight is 423 g/mol. The van der Waals surface area contributed by atoms with Gasteiger partial charge in [0.05, 0.1) is 0 Å². The zero-order valence-electron chi connectivity index (χ0n) is 20.4. The standard InChI is InChI=1S/C30H46O/c1-3-4-5-6-7-8-9-10-11-12-13-14-15-16-17-18-23-30-28(26(2)31)25-24-27-21-19-20-22-29(27)30/h19-22,24-25H,3-18,23H2,1-2H3. The van der Waals surface area contributed by atoms with Gasteiger partial charge in [0.25, 0.3) is 0 Å². The summed E-state index contributed by atoms with van der Waals surface area (Å²) < 4.78 is 0. The molecule has 2 aromatic rings. The Morgan fingerprint density at radius 3 is 1.61 bits per heavy atom. The Morgan fingerprint density at radius 1 is 0.613 bits per heavy atom. The molecule has 0 heterocycles. The van der Waals surface area contributed by atoms with Gasteiger partial charge in [-0.2, -0.15) is 0 Å². The lowest BCUT2D eigenvalue weighted by Gasteiger charge is -2.11. The molecule has 1 heteroatoms. The Kier molecular flexibility index (Phi) is 13.3. The first kappa shape index (κ1) is 25.6. The molecule has 0 aliphatic rings. The number of benzene rings is 2. The third kappa shape index (κ3) is 10.0. The van der Waals surface area contributed by atoms with Crippen molar-refractivity contribution in [2.24, 2.45) is 0 Å². The molecule has 0 aliphatic carbocycles. The number of Topliss-reactive ketones (excluding diaryl/α,β-unsaturated/α-hetero) is 1. The third-order valence-electron chi connectivity index (χ3n) is 6.70. The molecule has 2 rings (SSSR count). The maximum absolute atomic E-state index is 12.1. The van der Waals surface area contributed by atoms with Gasteiger partial charge in [0.15, 0.2) is 5.78 Å². The van der Waals surface area contributed by atoms with Crippen molar-refractivity contribution in [3.63, 3.8) is 0 Å². The van der Waals surface area contributed by atoms with E-state index in [4.69, 9.17) is 0 Å². The first-order valence-corrected chi connectivity index (χ1v) is 13.3. The Balaban J connectivity index is 1.51. The molecule has 0 saturated carbocycles. The minimum absolute atomic E-state index is 0.192. The minimum Gasteiger partial charge on any atom is -0.295 e. The molecular weight excluding hydrogens is 376 g/mol. The largest absolute Gasteiger partial charge is 0.295 e. The van der Waals surface area contributed by atoms with Gasteiger partial charge in [-0.15, -0.1) is 0 Å². The van der Waals surface area contributed by atoms with E-state index in [1.54, 1.807) is 6.92 Å². The van der Waals surface area contributed by atoms with Crippen LogP contribution in [-0.4, -0.2) is 5.78 Å². The van der Waals surface area contributed by atoms with E-state index >= 15 is 0 Å². The number of carbonyl (C=O) groups excluding carboxylic acids is 1. The lowest BCUT2D eigenvalue weighted by Crippen LogP contribution is -2.01. The molecule has 1 nitrogen and oxygen atoms in total. The van der Waals surface area contributed by atoms with Crippen molar-refractivity contribution >= 4 is 16.6 Å². The molecule has 0 bridgehead atoms. The fourth-order valence-corrected chi connectivity index (χ4v) is 4.79. The first-order valence-electron chi connectivity index (χ1n) is 13.3. The van der Waals surface area contributed by atoms with Gasteiger partial charge in [-0.25, -0.2) is 0 Å². The number of hydrogen-bond donors (Lipinski definition) is 0. The molecule has 31 heavy (non-hydrogen) atoms. The van der Waals surface area contributed by atoms with Gasteiger partial charge in [0, 0.05) is 5.56 Å². The summed E-state index contributed by atoms with van der Waals surface area (Å²) in [5.74, 6) is 0.192. The van der Waals surface area contributed by atoms with Crippen LogP contribution in [0.2, 0.25) is 0 Å². The highest BCUT2D eigenvalue weighted by Crippen LogP contribution is 2.25. The molecule has 0 saturated heterocycles. The van der Waals surface area contributed by atoms with Gasteiger partial charge in [-0.05, 0) is 36.1 Å². The normalized spacial score (nSPS) is 11.3. The van der Waals surface area contributed by atoms with Crippen LogP contribution in [0.5, 0.6) is 0 Å². The van der Waals surface area contributed by atoms with E-state index in [0.717, 1.165) is 12.0 Å². The summed E-state index contributed by atoms with van der Waals surface area (Å²) in [5.41, 5.74) is 2.18. The van der Waals surface area contributed by atoms with E-state index in [9.17, 15) is 4.79 Å². The molecule has 2 aromatic carbocycles. The van der Waals surface area contributed by atoms with Crippen LogP contribution in [0.3, 0.4) is 0 Å².